The zero-order valence-electron chi connectivity index (χ0n) is 10.7. The number of anilines is 1. The lowest BCUT2D eigenvalue weighted by Gasteiger charge is -2.13. The number of alkyl halides is 3. The molecule has 1 aliphatic rings. The fourth-order valence-electron chi connectivity index (χ4n) is 2.45. The van der Waals surface area contributed by atoms with Gasteiger partial charge in [-0.25, -0.2) is 0 Å². The summed E-state index contributed by atoms with van der Waals surface area (Å²) in [4.78, 5) is 0. The Hall–Kier alpha value is -1.88. The lowest BCUT2D eigenvalue weighted by atomic mass is 10.0. The molecule has 1 atom stereocenters. The summed E-state index contributed by atoms with van der Waals surface area (Å²) in [6, 6.07) is 11.5. The maximum absolute atomic E-state index is 12.1. The lowest BCUT2D eigenvalue weighted by Crippen LogP contribution is -2.17. The summed E-state index contributed by atoms with van der Waals surface area (Å²) in [6.45, 7) is 0. The van der Waals surface area contributed by atoms with E-state index in [9.17, 15) is 13.2 Å². The van der Waals surface area contributed by atoms with Crippen LogP contribution in [0.15, 0.2) is 42.5 Å². The van der Waals surface area contributed by atoms with Crippen molar-refractivity contribution in [2.45, 2.75) is 18.8 Å². The van der Waals surface area contributed by atoms with Crippen LogP contribution in [0, 0.1) is 0 Å². The predicted molar refractivity (Wildman–Crippen MR) is 74.6 cm³/mol. The third-order valence-corrected chi connectivity index (χ3v) is 3.73. The highest BCUT2D eigenvalue weighted by molar-refractivity contribution is 6.31. The van der Waals surface area contributed by atoms with E-state index in [-0.39, 0.29) is 11.8 Å². The third-order valence-electron chi connectivity index (χ3n) is 3.37. The van der Waals surface area contributed by atoms with Gasteiger partial charge in [-0.1, -0.05) is 29.8 Å². The van der Waals surface area contributed by atoms with Crippen molar-refractivity contribution in [2.24, 2.45) is 0 Å². The Kier molecular flexibility index (Phi) is 3.45. The maximum atomic E-state index is 12.1. The molecule has 3 rings (SSSR count). The zero-order valence-corrected chi connectivity index (χ0v) is 11.5. The molecule has 0 amide bonds. The van der Waals surface area contributed by atoms with Gasteiger partial charge in [-0.2, -0.15) is 0 Å². The van der Waals surface area contributed by atoms with Gasteiger partial charge < -0.3 is 10.1 Å². The number of rotatable bonds is 2. The van der Waals surface area contributed by atoms with Gasteiger partial charge >= 0.3 is 6.36 Å². The number of nitrogens with one attached hydrogen (secondary N) is 1. The van der Waals surface area contributed by atoms with Crippen molar-refractivity contribution < 1.29 is 17.9 Å². The van der Waals surface area contributed by atoms with Gasteiger partial charge in [-0.15, -0.1) is 13.2 Å². The van der Waals surface area contributed by atoms with E-state index in [0.29, 0.717) is 11.4 Å². The van der Waals surface area contributed by atoms with E-state index >= 15 is 0 Å². The first kappa shape index (κ1) is 14.1. The van der Waals surface area contributed by atoms with E-state index in [1.54, 1.807) is 12.1 Å². The van der Waals surface area contributed by atoms with Gasteiger partial charge in [0.2, 0.25) is 0 Å². The van der Waals surface area contributed by atoms with Gasteiger partial charge in [0.1, 0.15) is 5.75 Å². The van der Waals surface area contributed by atoms with Crippen LogP contribution in [0.2, 0.25) is 5.02 Å². The highest BCUT2D eigenvalue weighted by Gasteiger charge is 2.31. The van der Waals surface area contributed by atoms with Crippen LogP contribution < -0.4 is 10.1 Å². The fourth-order valence-corrected chi connectivity index (χ4v) is 2.70. The normalized spacial score (nSPS) is 17.2. The topological polar surface area (TPSA) is 21.3 Å². The minimum Gasteiger partial charge on any atom is -0.406 e. The lowest BCUT2D eigenvalue weighted by molar-refractivity contribution is -0.274. The Morgan fingerprint density at radius 2 is 1.81 bits per heavy atom. The maximum Gasteiger partial charge on any atom is 0.573 e. The van der Waals surface area contributed by atoms with Crippen LogP contribution in [0.25, 0.3) is 0 Å². The molecule has 0 spiro atoms. The van der Waals surface area contributed by atoms with Crippen LogP contribution in [0.5, 0.6) is 5.75 Å². The van der Waals surface area contributed by atoms with Crippen molar-refractivity contribution in [2.75, 3.05) is 5.32 Å². The molecule has 0 fully saturated rings. The molecule has 0 saturated heterocycles. The van der Waals surface area contributed by atoms with Gasteiger partial charge in [0.15, 0.2) is 0 Å². The van der Waals surface area contributed by atoms with Crippen LogP contribution in [0.3, 0.4) is 0 Å². The molecule has 1 aliphatic heterocycles. The van der Waals surface area contributed by atoms with Gasteiger partial charge in [-0.05, 0) is 35.4 Å². The number of hydrogen-bond donors (Lipinski definition) is 1. The molecule has 0 aromatic heterocycles. The quantitative estimate of drug-likeness (QED) is 0.847. The van der Waals surface area contributed by atoms with E-state index in [4.69, 9.17) is 11.6 Å². The van der Waals surface area contributed by atoms with Gasteiger partial charge in [-0.3, -0.25) is 0 Å². The van der Waals surface area contributed by atoms with Gasteiger partial charge in [0.25, 0.3) is 0 Å². The molecule has 1 heterocycles. The second-order valence-electron chi connectivity index (χ2n) is 4.78. The molecule has 21 heavy (non-hydrogen) atoms. The van der Waals surface area contributed by atoms with Crippen molar-refractivity contribution >= 4 is 17.3 Å². The number of fused-ring (bicyclic) bond motifs is 1. The summed E-state index contributed by atoms with van der Waals surface area (Å²) in [5.41, 5.74) is 2.87. The van der Waals surface area contributed by atoms with E-state index in [2.05, 4.69) is 10.1 Å². The van der Waals surface area contributed by atoms with Crippen LogP contribution in [-0.4, -0.2) is 6.36 Å². The van der Waals surface area contributed by atoms with Crippen LogP contribution in [0.1, 0.15) is 17.2 Å². The molecule has 0 saturated carbocycles. The second kappa shape index (κ2) is 5.15. The third kappa shape index (κ3) is 3.08. The first-order chi connectivity index (χ1) is 9.92. The van der Waals surface area contributed by atoms with Crippen LogP contribution in [-0.2, 0) is 6.42 Å². The number of ether oxygens (including phenoxy) is 1. The SMILES string of the molecule is FC(F)(F)Oc1ccc(C2Cc3c(Cl)cccc3N2)cc1. The molecule has 0 radical (unpaired) electrons. The number of halogens is 4. The van der Waals surface area contributed by atoms with Crippen molar-refractivity contribution in [1.29, 1.82) is 0 Å². The van der Waals surface area contributed by atoms with Gasteiger partial charge in [0, 0.05) is 17.1 Å². The van der Waals surface area contributed by atoms with Crippen molar-refractivity contribution in [3.8, 4) is 5.75 Å². The molecule has 2 aromatic rings. The van der Waals surface area contributed by atoms with Crippen LogP contribution >= 0.6 is 11.6 Å². The van der Waals surface area contributed by atoms with E-state index in [0.717, 1.165) is 16.8 Å². The van der Waals surface area contributed by atoms with E-state index < -0.39 is 6.36 Å². The van der Waals surface area contributed by atoms with Crippen molar-refractivity contribution in [1.82, 2.24) is 0 Å². The summed E-state index contributed by atoms with van der Waals surface area (Å²) in [5.74, 6) is -0.222. The van der Waals surface area contributed by atoms with Crippen LogP contribution in [0.4, 0.5) is 18.9 Å². The molecule has 0 aliphatic carbocycles. The average molecular weight is 314 g/mol. The van der Waals surface area contributed by atoms with Crippen molar-refractivity contribution in [3.05, 3.63) is 58.6 Å². The Bertz CT molecular complexity index is 655. The molecule has 1 N–H and O–H groups in total. The fraction of sp³-hybridized carbons (Fsp3) is 0.200. The molecule has 0 bridgehead atoms. The molecule has 1 unspecified atom stereocenters. The minimum absolute atomic E-state index is 0.000151. The highest BCUT2D eigenvalue weighted by atomic mass is 35.5. The number of hydrogen-bond acceptors (Lipinski definition) is 2. The second-order valence-corrected chi connectivity index (χ2v) is 5.19. The van der Waals surface area contributed by atoms with E-state index in [1.165, 1.54) is 12.1 Å². The molecule has 6 heteroatoms. The monoisotopic (exact) mass is 313 g/mol. The minimum atomic E-state index is -4.67. The largest absolute Gasteiger partial charge is 0.573 e. The van der Waals surface area contributed by atoms with Crippen molar-refractivity contribution in [3.63, 3.8) is 0 Å². The molecule has 110 valence electrons. The standard InChI is InChI=1S/C15H11ClF3NO/c16-12-2-1-3-13-11(12)8-14(20-13)9-4-6-10(7-5-9)21-15(17,18)19/h1-7,14,20H,8H2. The highest BCUT2D eigenvalue weighted by Crippen LogP contribution is 2.38. The van der Waals surface area contributed by atoms with Gasteiger partial charge in [0.05, 0.1) is 6.04 Å². The zero-order chi connectivity index (χ0) is 15.0. The molecule has 2 aromatic carbocycles. The molecule has 2 nitrogen and oxygen atoms in total. The molecular formula is C15H11ClF3NO. The first-order valence-corrected chi connectivity index (χ1v) is 6.70. The Morgan fingerprint density at radius 3 is 2.43 bits per heavy atom. The summed E-state index contributed by atoms with van der Waals surface area (Å²) in [5, 5.41) is 4.01. The Morgan fingerprint density at radius 1 is 1.10 bits per heavy atom. The average Bonchev–Trinajstić information content (AvgIpc) is 2.83. The molecular weight excluding hydrogens is 303 g/mol. The Labute approximate surface area is 124 Å². The predicted octanol–water partition coefficient (Wildman–Crippen LogP) is 4.95. The summed E-state index contributed by atoms with van der Waals surface area (Å²) < 4.78 is 40.2. The summed E-state index contributed by atoms with van der Waals surface area (Å²) >= 11 is 6.14. The first-order valence-electron chi connectivity index (χ1n) is 6.32. The number of benzene rings is 2. The Balaban J connectivity index is 1.76. The summed E-state index contributed by atoms with van der Waals surface area (Å²) in [6.07, 6.45) is -3.97. The summed E-state index contributed by atoms with van der Waals surface area (Å²) in [7, 11) is 0. The smallest absolute Gasteiger partial charge is 0.406 e. The van der Waals surface area contributed by atoms with E-state index in [1.807, 2.05) is 18.2 Å².